The molecule has 0 saturated carbocycles. The maximum absolute atomic E-state index is 11.7. The fourth-order valence-corrected chi connectivity index (χ4v) is 3.34. The first-order chi connectivity index (χ1) is 16.6. The summed E-state index contributed by atoms with van der Waals surface area (Å²) in [6, 6.07) is 6.38. The molecule has 0 spiro atoms. The molecule has 2 aromatic rings. The van der Waals surface area contributed by atoms with E-state index in [-0.39, 0.29) is 28.5 Å². The van der Waals surface area contributed by atoms with Gasteiger partial charge in [-0.15, -0.1) is 10.2 Å². The van der Waals surface area contributed by atoms with Crippen LogP contribution >= 0.6 is 11.9 Å². The van der Waals surface area contributed by atoms with E-state index in [1.54, 1.807) is 17.0 Å². The molecule has 182 valence electrons. The van der Waals surface area contributed by atoms with E-state index >= 15 is 0 Å². The van der Waals surface area contributed by atoms with E-state index in [2.05, 4.69) is 24.5 Å². The molecule has 14 nitrogen and oxygen atoms in total. The lowest BCUT2D eigenvalue weighted by molar-refractivity contribution is -0.395. The molecule has 35 heavy (non-hydrogen) atoms. The molecule has 0 radical (unpaired) electrons. The van der Waals surface area contributed by atoms with Gasteiger partial charge in [0.2, 0.25) is 5.91 Å². The third-order valence-corrected chi connectivity index (χ3v) is 5.06. The van der Waals surface area contributed by atoms with Crippen molar-refractivity contribution in [3.63, 3.8) is 0 Å². The third kappa shape index (κ3) is 6.95. The summed E-state index contributed by atoms with van der Waals surface area (Å²) in [4.78, 5) is 46.0. The highest BCUT2D eigenvalue weighted by molar-refractivity contribution is 8.01. The Morgan fingerprint density at radius 3 is 2.34 bits per heavy atom. The van der Waals surface area contributed by atoms with Gasteiger partial charge in [0.05, 0.1) is 28.7 Å². The summed E-state index contributed by atoms with van der Waals surface area (Å²) in [5.41, 5.74) is -0.691. The maximum atomic E-state index is 11.7. The Morgan fingerprint density at radius 2 is 1.80 bits per heavy atom. The van der Waals surface area contributed by atoms with Gasteiger partial charge in [0, 0.05) is 25.2 Å². The van der Waals surface area contributed by atoms with Gasteiger partial charge in [-0.1, -0.05) is 0 Å². The van der Waals surface area contributed by atoms with Crippen molar-refractivity contribution >= 4 is 57.9 Å². The molecular weight excluding hydrogens is 482 g/mol. The molecule has 0 aliphatic heterocycles. The van der Waals surface area contributed by atoms with Crippen molar-refractivity contribution in [2.24, 2.45) is 10.2 Å². The van der Waals surface area contributed by atoms with Crippen molar-refractivity contribution in [3.8, 4) is 0 Å². The van der Waals surface area contributed by atoms with Crippen LogP contribution in [-0.4, -0.2) is 41.9 Å². The Balaban J connectivity index is 2.57. The second-order valence-corrected chi connectivity index (χ2v) is 7.48. The minimum absolute atomic E-state index is 0.0378. The zero-order valence-corrected chi connectivity index (χ0v) is 19.6. The van der Waals surface area contributed by atoms with E-state index in [4.69, 9.17) is 6.57 Å². The van der Waals surface area contributed by atoms with Gasteiger partial charge in [0.1, 0.15) is 12.2 Å². The van der Waals surface area contributed by atoms with E-state index in [9.17, 15) is 29.8 Å². The summed E-state index contributed by atoms with van der Waals surface area (Å²) in [5.74, 6) is -0.887. The zero-order chi connectivity index (χ0) is 26.1. The smallest absolute Gasteiger partial charge is 0.325 e. The van der Waals surface area contributed by atoms with Crippen LogP contribution in [-0.2, 0) is 14.3 Å². The van der Waals surface area contributed by atoms with Gasteiger partial charge in [-0.2, -0.15) is 0 Å². The molecule has 0 heterocycles. The molecule has 2 rings (SSSR count). The molecule has 0 unspecified atom stereocenters. The minimum Gasteiger partial charge on any atom is -0.468 e. The first-order valence-corrected chi connectivity index (χ1v) is 10.5. The Hall–Kier alpha value is -4.58. The van der Waals surface area contributed by atoms with Crippen LogP contribution in [0, 0.1) is 26.8 Å². The predicted molar refractivity (Wildman–Crippen MR) is 127 cm³/mol. The first-order valence-electron chi connectivity index (χ1n) is 9.77. The van der Waals surface area contributed by atoms with E-state index in [0.717, 1.165) is 6.07 Å². The lowest BCUT2D eigenvalue weighted by atomic mass is 10.2. The highest BCUT2D eigenvalue weighted by Gasteiger charge is 2.27. The summed E-state index contributed by atoms with van der Waals surface area (Å²) < 4.78 is 7.72. The number of methoxy groups -OCH3 is 1. The van der Waals surface area contributed by atoms with Crippen LogP contribution < -0.4 is 10.2 Å². The van der Waals surface area contributed by atoms with Crippen LogP contribution in [0.1, 0.15) is 13.8 Å². The molecular formula is C20H19N7O7S. The molecule has 0 aromatic heterocycles. The van der Waals surface area contributed by atoms with Gasteiger partial charge in [-0.25, -0.2) is 10.8 Å². The maximum Gasteiger partial charge on any atom is 0.325 e. The van der Waals surface area contributed by atoms with Crippen molar-refractivity contribution < 1.29 is 24.2 Å². The number of nitro groups is 2. The highest BCUT2D eigenvalue weighted by Crippen LogP contribution is 2.41. The largest absolute Gasteiger partial charge is 0.468 e. The van der Waals surface area contributed by atoms with E-state index in [1.807, 2.05) is 6.92 Å². The van der Waals surface area contributed by atoms with Crippen LogP contribution in [0.15, 0.2) is 45.5 Å². The molecule has 0 aliphatic rings. The van der Waals surface area contributed by atoms with Gasteiger partial charge in [0.15, 0.2) is 10.6 Å². The van der Waals surface area contributed by atoms with Crippen LogP contribution in [0.4, 0.5) is 34.1 Å². The number of nitrogens with one attached hydrogen (secondary N) is 1. The standard InChI is InChI=1S/C20H19N7O7S/c1-5-25(11-20(29)34-4)13-6-7-14(15(8-13)22-12(2)28)23-24-16-9-19(35-21-3)18(27(32)33)10-17(16)26(30)31/h6-10H,5,11H2,1-2,4H3,(H,22,28). The Labute approximate surface area is 203 Å². The monoisotopic (exact) mass is 501 g/mol. The average molecular weight is 501 g/mol. The number of anilines is 2. The minimum atomic E-state index is -0.850. The van der Waals surface area contributed by atoms with Gasteiger partial charge in [-0.3, -0.25) is 29.8 Å². The topological polar surface area (TPSA) is 174 Å². The number of amides is 1. The van der Waals surface area contributed by atoms with E-state index in [1.165, 1.54) is 20.1 Å². The first kappa shape index (κ1) is 26.7. The fourth-order valence-electron chi connectivity index (χ4n) is 2.85. The molecule has 0 bridgehead atoms. The zero-order valence-electron chi connectivity index (χ0n) is 18.8. The van der Waals surface area contributed by atoms with E-state index in [0.29, 0.717) is 30.2 Å². The van der Waals surface area contributed by atoms with Gasteiger partial charge >= 0.3 is 23.6 Å². The summed E-state index contributed by atoms with van der Waals surface area (Å²) in [6.45, 7) is 10.5. The lowest BCUT2D eigenvalue weighted by Gasteiger charge is -2.22. The Bertz CT molecular complexity index is 1240. The van der Waals surface area contributed by atoms with Crippen LogP contribution in [0.3, 0.4) is 0 Å². The highest BCUT2D eigenvalue weighted by atomic mass is 32.2. The fraction of sp³-hybridized carbons (Fsp3) is 0.250. The van der Waals surface area contributed by atoms with E-state index < -0.39 is 33.1 Å². The molecule has 0 aliphatic carbocycles. The van der Waals surface area contributed by atoms with Crippen molar-refractivity contribution in [1.82, 2.24) is 0 Å². The average Bonchev–Trinajstić information content (AvgIpc) is 2.80. The van der Waals surface area contributed by atoms with Crippen molar-refractivity contribution in [1.29, 1.82) is 0 Å². The van der Waals surface area contributed by atoms with Crippen molar-refractivity contribution in [3.05, 3.63) is 61.4 Å². The lowest BCUT2D eigenvalue weighted by Crippen LogP contribution is -2.30. The van der Waals surface area contributed by atoms with Gasteiger partial charge in [0.25, 0.3) is 5.69 Å². The molecule has 0 fully saturated rings. The van der Waals surface area contributed by atoms with Crippen LogP contribution in [0.25, 0.3) is 4.25 Å². The number of hydrogen-bond acceptors (Lipinski definition) is 11. The van der Waals surface area contributed by atoms with Gasteiger partial charge in [-0.05, 0) is 25.1 Å². The molecule has 1 amide bonds. The number of carbonyl (C=O) groups is 2. The molecule has 0 saturated heterocycles. The number of carbonyl (C=O) groups excluding carboxylic acids is 2. The second kappa shape index (κ2) is 12.0. The number of esters is 1. The number of nitrogens with zero attached hydrogens (tertiary/aromatic N) is 6. The number of azo groups is 1. The van der Waals surface area contributed by atoms with Gasteiger partial charge < -0.3 is 15.0 Å². The normalized spacial score (nSPS) is 10.5. The number of hydrogen-bond donors (Lipinski definition) is 1. The number of likely N-dealkylation sites (N-methyl/N-ethyl adjacent to an activating group) is 1. The third-order valence-electron chi connectivity index (χ3n) is 4.44. The SMILES string of the molecule is [C-]#[N+]Sc1cc(N=Nc2ccc(N(CC)CC(=O)OC)cc2NC(C)=O)c([N+](=O)[O-])cc1[N+](=O)[O-]. The molecule has 2 aromatic carbocycles. The summed E-state index contributed by atoms with van der Waals surface area (Å²) >= 11 is 0.438. The number of benzene rings is 2. The van der Waals surface area contributed by atoms with Crippen molar-refractivity contribution in [2.45, 2.75) is 18.7 Å². The number of nitro benzene ring substituents is 2. The number of rotatable bonds is 10. The van der Waals surface area contributed by atoms with Crippen LogP contribution in [0.5, 0.6) is 0 Å². The second-order valence-electron chi connectivity index (χ2n) is 6.68. The summed E-state index contributed by atoms with van der Waals surface area (Å²) in [7, 11) is 1.27. The summed E-state index contributed by atoms with van der Waals surface area (Å²) in [5, 5.41) is 33.2. The quantitative estimate of drug-likeness (QED) is 0.120. The Morgan fingerprint density at radius 1 is 1.14 bits per heavy atom. The molecule has 0 atom stereocenters. The molecule has 1 N–H and O–H groups in total. The Kier molecular flexibility index (Phi) is 9.18. The predicted octanol–water partition coefficient (Wildman–Crippen LogP) is 4.80. The molecule has 15 heteroatoms. The van der Waals surface area contributed by atoms with Crippen molar-refractivity contribution in [2.75, 3.05) is 30.4 Å². The number of ether oxygens (including phenoxy) is 1. The van der Waals surface area contributed by atoms with Crippen LogP contribution in [0.2, 0.25) is 0 Å². The summed E-state index contributed by atoms with van der Waals surface area (Å²) in [6.07, 6.45) is 0.